The second-order valence-electron chi connectivity index (χ2n) is 5.57. The van der Waals surface area contributed by atoms with Crippen LogP contribution in [0.2, 0.25) is 5.02 Å². The molecule has 1 atom stereocenters. The van der Waals surface area contributed by atoms with E-state index in [0.717, 1.165) is 12.0 Å². The van der Waals surface area contributed by atoms with Crippen LogP contribution in [0.1, 0.15) is 30.1 Å². The van der Waals surface area contributed by atoms with Crippen LogP contribution >= 0.6 is 22.9 Å². The molecule has 1 aromatic carbocycles. The highest BCUT2D eigenvalue weighted by Crippen LogP contribution is 2.37. The Bertz CT molecular complexity index is 766. The van der Waals surface area contributed by atoms with Crippen molar-refractivity contribution < 1.29 is 19.1 Å². The summed E-state index contributed by atoms with van der Waals surface area (Å²) in [5.74, 6) is -0.691. The molecule has 1 amide bonds. The van der Waals surface area contributed by atoms with E-state index in [4.69, 9.17) is 21.1 Å². The average Bonchev–Trinajstić information content (AvgIpc) is 3.25. The molecule has 0 saturated carbocycles. The van der Waals surface area contributed by atoms with Gasteiger partial charge in [0.2, 0.25) is 0 Å². The summed E-state index contributed by atoms with van der Waals surface area (Å²) in [6.07, 6.45) is 1.09. The van der Waals surface area contributed by atoms with Crippen LogP contribution in [-0.4, -0.2) is 31.2 Å². The van der Waals surface area contributed by atoms with Gasteiger partial charge < -0.3 is 14.8 Å². The van der Waals surface area contributed by atoms with Crippen molar-refractivity contribution in [2.75, 3.05) is 18.5 Å². The van der Waals surface area contributed by atoms with E-state index < -0.39 is 12.1 Å². The summed E-state index contributed by atoms with van der Waals surface area (Å²) in [6.45, 7) is 2.59. The lowest BCUT2D eigenvalue weighted by Gasteiger charge is -2.11. The lowest BCUT2D eigenvalue weighted by atomic mass is 10.0. The highest BCUT2D eigenvalue weighted by Gasteiger charge is 2.27. The fourth-order valence-corrected chi connectivity index (χ4v) is 3.76. The zero-order valence-corrected chi connectivity index (χ0v) is 15.3. The fraction of sp³-hybridized carbons (Fsp3) is 0.333. The Labute approximate surface area is 154 Å². The number of hydrogen-bond donors (Lipinski definition) is 1. The number of halogens is 1. The van der Waals surface area contributed by atoms with E-state index in [1.807, 2.05) is 17.5 Å². The van der Waals surface area contributed by atoms with Crippen molar-refractivity contribution in [2.45, 2.75) is 25.9 Å². The number of anilines is 1. The highest BCUT2D eigenvalue weighted by molar-refractivity contribution is 7.15. The Hall–Kier alpha value is -1.89. The van der Waals surface area contributed by atoms with Gasteiger partial charge in [0.15, 0.2) is 0 Å². The summed E-state index contributed by atoms with van der Waals surface area (Å²) in [4.78, 5) is 24.8. The number of nitrogens with one attached hydrogen (secondary N) is 1. The van der Waals surface area contributed by atoms with Gasteiger partial charge in [0.1, 0.15) is 16.7 Å². The number of carbonyl (C=O) groups is 2. The third-order valence-corrected chi connectivity index (χ3v) is 5.03. The molecule has 1 unspecified atom stereocenters. The Morgan fingerprint density at radius 1 is 1.36 bits per heavy atom. The molecule has 0 aliphatic carbocycles. The van der Waals surface area contributed by atoms with Crippen LogP contribution in [0.5, 0.6) is 0 Å². The van der Waals surface area contributed by atoms with Crippen LogP contribution in [0.15, 0.2) is 29.6 Å². The molecular formula is C18H18ClNO4S. The predicted octanol–water partition coefficient (Wildman–Crippen LogP) is 4.36. The lowest BCUT2D eigenvalue weighted by molar-refractivity contribution is -0.124. The van der Waals surface area contributed by atoms with Crippen molar-refractivity contribution in [3.05, 3.63) is 40.2 Å². The minimum atomic E-state index is -0.462. The molecule has 25 heavy (non-hydrogen) atoms. The highest BCUT2D eigenvalue weighted by atomic mass is 35.5. The van der Waals surface area contributed by atoms with Gasteiger partial charge in [-0.25, -0.2) is 4.79 Å². The molecule has 0 radical (unpaired) electrons. The Morgan fingerprint density at radius 3 is 2.76 bits per heavy atom. The van der Waals surface area contributed by atoms with Gasteiger partial charge in [-0.15, -0.1) is 11.3 Å². The summed E-state index contributed by atoms with van der Waals surface area (Å²) in [6, 6.07) is 7.18. The molecule has 5 nitrogen and oxygen atoms in total. The summed E-state index contributed by atoms with van der Waals surface area (Å²) >= 11 is 7.23. The van der Waals surface area contributed by atoms with Gasteiger partial charge in [-0.2, -0.15) is 0 Å². The van der Waals surface area contributed by atoms with E-state index in [-0.39, 0.29) is 12.5 Å². The first-order chi connectivity index (χ1) is 12.1. The van der Waals surface area contributed by atoms with Crippen LogP contribution in [0.3, 0.4) is 0 Å². The topological polar surface area (TPSA) is 64.6 Å². The summed E-state index contributed by atoms with van der Waals surface area (Å²) < 4.78 is 10.6. The average molecular weight is 380 g/mol. The Kier molecular flexibility index (Phi) is 5.73. The fourth-order valence-electron chi connectivity index (χ4n) is 2.67. The molecule has 0 spiro atoms. The minimum Gasteiger partial charge on any atom is -0.462 e. The molecule has 132 valence electrons. The van der Waals surface area contributed by atoms with Crippen LogP contribution < -0.4 is 5.32 Å². The summed E-state index contributed by atoms with van der Waals surface area (Å²) in [5.41, 5.74) is 1.91. The van der Waals surface area contributed by atoms with Crippen molar-refractivity contribution in [3.63, 3.8) is 0 Å². The lowest BCUT2D eigenvalue weighted by Crippen LogP contribution is -2.27. The van der Waals surface area contributed by atoms with E-state index in [1.165, 1.54) is 11.3 Å². The standard InChI is InChI=1S/C18H18ClNO4S/c1-2-23-18(22)15-13(11-5-7-12(19)8-6-11)10-25-17(15)20-16(21)14-4-3-9-24-14/h5-8,10,14H,2-4,9H2,1H3,(H,20,21). The summed E-state index contributed by atoms with van der Waals surface area (Å²) in [7, 11) is 0. The number of hydrogen-bond acceptors (Lipinski definition) is 5. The molecular weight excluding hydrogens is 362 g/mol. The first-order valence-electron chi connectivity index (χ1n) is 8.07. The monoisotopic (exact) mass is 379 g/mol. The van der Waals surface area contributed by atoms with Crippen LogP contribution in [0.4, 0.5) is 5.00 Å². The maximum atomic E-state index is 12.5. The molecule has 1 aromatic heterocycles. The maximum Gasteiger partial charge on any atom is 0.341 e. The zero-order valence-electron chi connectivity index (χ0n) is 13.7. The number of benzene rings is 1. The molecule has 0 bridgehead atoms. The van der Waals surface area contributed by atoms with Crippen LogP contribution in [0.25, 0.3) is 11.1 Å². The smallest absolute Gasteiger partial charge is 0.341 e. The SMILES string of the molecule is CCOC(=O)c1c(-c2ccc(Cl)cc2)csc1NC(=O)C1CCCO1. The van der Waals surface area contributed by atoms with Crippen molar-refractivity contribution in [3.8, 4) is 11.1 Å². The van der Waals surface area contributed by atoms with E-state index >= 15 is 0 Å². The quantitative estimate of drug-likeness (QED) is 0.784. The number of rotatable bonds is 5. The molecule has 2 heterocycles. The maximum absolute atomic E-state index is 12.5. The van der Waals surface area contributed by atoms with E-state index in [9.17, 15) is 9.59 Å². The van der Waals surface area contributed by atoms with Crippen molar-refractivity contribution in [1.29, 1.82) is 0 Å². The van der Waals surface area contributed by atoms with Crippen molar-refractivity contribution in [2.24, 2.45) is 0 Å². The van der Waals surface area contributed by atoms with Gasteiger partial charge in [0.25, 0.3) is 5.91 Å². The molecule has 3 rings (SSSR count). The molecule has 1 fully saturated rings. The van der Waals surface area contributed by atoms with E-state index in [2.05, 4.69) is 5.32 Å². The van der Waals surface area contributed by atoms with E-state index in [1.54, 1.807) is 19.1 Å². The number of esters is 1. The zero-order chi connectivity index (χ0) is 17.8. The molecule has 1 saturated heterocycles. The number of thiophene rings is 1. The second kappa shape index (κ2) is 7.99. The van der Waals surface area contributed by atoms with Gasteiger partial charge >= 0.3 is 5.97 Å². The molecule has 1 N–H and O–H groups in total. The Balaban J connectivity index is 1.93. The first kappa shape index (κ1) is 17.9. The van der Waals surface area contributed by atoms with Crippen LogP contribution in [-0.2, 0) is 14.3 Å². The number of ether oxygens (including phenoxy) is 2. The third-order valence-electron chi connectivity index (χ3n) is 3.88. The predicted molar refractivity (Wildman–Crippen MR) is 98.3 cm³/mol. The van der Waals surface area contributed by atoms with Gasteiger partial charge in [0.05, 0.1) is 6.61 Å². The van der Waals surface area contributed by atoms with Crippen LogP contribution in [0, 0.1) is 0 Å². The third kappa shape index (κ3) is 4.03. The Morgan fingerprint density at radius 2 is 2.12 bits per heavy atom. The van der Waals surface area contributed by atoms with Crippen molar-refractivity contribution >= 4 is 39.8 Å². The van der Waals surface area contributed by atoms with Gasteiger partial charge in [-0.1, -0.05) is 23.7 Å². The number of amides is 1. The largest absolute Gasteiger partial charge is 0.462 e. The van der Waals surface area contributed by atoms with Gasteiger partial charge in [-0.3, -0.25) is 4.79 Å². The summed E-state index contributed by atoms with van der Waals surface area (Å²) in [5, 5.41) is 5.75. The molecule has 7 heteroatoms. The van der Waals surface area contributed by atoms with Crippen molar-refractivity contribution in [1.82, 2.24) is 0 Å². The van der Waals surface area contributed by atoms with Gasteiger partial charge in [-0.05, 0) is 37.5 Å². The first-order valence-corrected chi connectivity index (χ1v) is 9.33. The molecule has 2 aromatic rings. The second-order valence-corrected chi connectivity index (χ2v) is 6.89. The normalized spacial score (nSPS) is 16.6. The molecule has 1 aliphatic heterocycles. The molecule has 1 aliphatic rings. The van der Waals surface area contributed by atoms with E-state index in [0.29, 0.717) is 34.2 Å². The number of carbonyl (C=O) groups excluding carboxylic acids is 2. The minimum absolute atomic E-state index is 0.229. The van der Waals surface area contributed by atoms with Gasteiger partial charge in [0, 0.05) is 22.6 Å².